The molecule has 0 unspecified atom stereocenters. The molecule has 0 bridgehead atoms. The second kappa shape index (κ2) is 7.59. The van der Waals surface area contributed by atoms with E-state index in [4.69, 9.17) is 0 Å². The number of unbranched alkanes of at least 4 members (excludes halogenated alkanes) is 1. The SMILES string of the molecule is CCCCc1ccc(NC(=O)c2ccc(C)cc2I)cc1. The summed E-state index contributed by atoms with van der Waals surface area (Å²) in [5.41, 5.74) is 4.05. The first kappa shape index (κ1) is 16.0. The van der Waals surface area contributed by atoms with E-state index in [0.29, 0.717) is 0 Å². The number of carbonyl (C=O) groups excluding carboxylic acids is 1. The van der Waals surface area contributed by atoms with Crippen molar-refractivity contribution in [2.75, 3.05) is 5.32 Å². The first-order chi connectivity index (χ1) is 10.1. The average molecular weight is 393 g/mol. The molecule has 0 radical (unpaired) electrons. The number of aryl methyl sites for hydroxylation is 2. The monoisotopic (exact) mass is 393 g/mol. The summed E-state index contributed by atoms with van der Waals surface area (Å²) in [4.78, 5) is 12.3. The van der Waals surface area contributed by atoms with Crippen molar-refractivity contribution in [3.05, 3.63) is 62.7 Å². The van der Waals surface area contributed by atoms with Gasteiger partial charge in [0.15, 0.2) is 0 Å². The van der Waals surface area contributed by atoms with Crippen LogP contribution in [0.1, 0.15) is 41.3 Å². The maximum atomic E-state index is 12.3. The van der Waals surface area contributed by atoms with Gasteiger partial charge < -0.3 is 5.32 Å². The zero-order valence-corrected chi connectivity index (χ0v) is 14.6. The quantitative estimate of drug-likeness (QED) is 0.696. The standard InChI is InChI=1S/C18H20INO/c1-3-4-5-14-7-9-15(10-8-14)20-18(21)16-11-6-13(2)12-17(16)19/h6-12H,3-5H2,1-2H3,(H,20,21). The van der Waals surface area contributed by atoms with Gasteiger partial charge in [0.05, 0.1) is 5.56 Å². The van der Waals surface area contributed by atoms with Gasteiger partial charge in [-0.05, 0) is 72.2 Å². The van der Waals surface area contributed by atoms with Gasteiger partial charge >= 0.3 is 0 Å². The van der Waals surface area contributed by atoms with Crippen molar-refractivity contribution < 1.29 is 4.79 Å². The highest BCUT2D eigenvalue weighted by molar-refractivity contribution is 14.1. The Morgan fingerprint density at radius 2 is 1.86 bits per heavy atom. The Morgan fingerprint density at radius 1 is 1.14 bits per heavy atom. The molecule has 0 atom stereocenters. The molecule has 2 aromatic carbocycles. The first-order valence-electron chi connectivity index (χ1n) is 7.26. The lowest BCUT2D eigenvalue weighted by Gasteiger charge is -2.08. The van der Waals surface area contributed by atoms with Crippen LogP contribution in [0.4, 0.5) is 5.69 Å². The van der Waals surface area contributed by atoms with Gasteiger partial charge in [0, 0.05) is 9.26 Å². The fourth-order valence-corrected chi connectivity index (χ4v) is 3.05. The van der Waals surface area contributed by atoms with Gasteiger partial charge in [-0.15, -0.1) is 0 Å². The van der Waals surface area contributed by atoms with Crippen LogP contribution in [0.25, 0.3) is 0 Å². The maximum Gasteiger partial charge on any atom is 0.256 e. The van der Waals surface area contributed by atoms with E-state index in [1.807, 2.05) is 37.3 Å². The third-order valence-corrected chi connectivity index (χ3v) is 4.29. The topological polar surface area (TPSA) is 29.1 Å². The lowest BCUT2D eigenvalue weighted by Crippen LogP contribution is -2.13. The fourth-order valence-electron chi connectivity index (χ4n) is 2.14. The predicted molar refractivity (Wildman–Crippen MR) is 96.9 cm³/mol. The van der Waals surface area contributed by atoms with Gasteiger partial charge in [0.25, 0.3) is 5.91 Å². The Morgan fingerprint density at radius 3 is 2.48 bits per heavy atom. The lowest BCUT2D eigenvalue weighted by molar-refractivity contribution is 0.102. The Bertz CT molecular complexity index is 620. The summed E-state index contributed by atoms with van der Waals surface area (Å²) >= 11 is 2.20. The zero-order valence-electron chi connectivity index (χ0n) is 12.4. The van der Waals surface area contributed by atoms with Crippen LogP contribution in [0.5, 0.6) is 0 Å². The second-order valence-electron chi connectivity index (χ2n) is 5.24. The van der Waals surface area contributed by atoms with Crippen LogP contribution in [-0.2, 0) is 6.42 Å². The average Bonchev–Trinajstić information content (AvgIpc) is 2.46. The van der Waals surface area contributed by atoms with Crippen LogP contribution in [0.3, 0.4) is 0 Å². The Labute approximate surface area is 140 Å². The fraction of sp³-hybridized carbons (Fsp3) is 0.278. The van der Waals surface area contributed by atoms with Crippen molar-refractivity contribution in [1.82, 2.24) is 0 Å². The highest BCUT2D eigenvalue weighted by atomic mass is 127. The minimum atomic E-state index is -0.0549. The van der Waals surface area contributed by atoms with E-state index >= 15 is 0 Å². The number of anilines is 1. The van der Waals surface area contributed by atoms with Gasteiger partial charge in [-0.2, -0.15) is 0 Å². The van der Waals surface area contributed by atoms with Gasteiger partial charge in [-0.25, -0.2) is 0 Å². The molecule has 1 N–H and O–H groups in total. The van der Waals surface area contributed by atoms with Crippen LogP contribution in [-0.4, -0.2) is 5.91 Å². The van der Waals surface area contributed by atoms with Crippen LogP contribution in [0, 0.1) is 10.5 Å². The molecule has 110 valence electrons. The van der Waals surface area contributed by atoms with E-state index in [2.05, 4.69) is 47.0 Å². The molecule has 0 aliphatic carbocycles. The van der Waals surface area contributed by atoms with E-state index < -0.39 is 0 Å². The van der Waals surface area contributed by atoms with E-state index in [1.54, 1.807) is 0 Å². The molecule has 2 nitrogen and oxygen atoms in total. The molecule has 0 aliphatic rings. The Kier molecular flexibility index (Phi) is 5.79. The molecule has 2 aromatic rings. The van der Waals surface area contributed by atoms with Gasteiger partial charge in [-0.1, -0.05) is 37.1 Å². The third kappa shape index (κ3) is 4.56. The Balaban J connectivity index is 2.05. The Hall–Kier alpha value is -1.36. The molecule has 1 amide bonds. The summed E-state index contributed by atoms with van der Waals surface area (Å²) < 4.78 is 0.977. The van der Waals surface area contributed by atoms with E-state index in [1.165, 1.54) is 18.4 Å². The van der Waals surface area contributed by atoms with Crippen molar-refractivity contribution >= 4 is 34.2 Å². The van der Waals surface area contributed by atoms with Crippen molar-refractivity contribution in [1.29, 1.82) is 0 Å². The third-order valence-electron chi connectivity index (χ3n) is 3.40. The second-order valence-corrected chi connectivity index (χ2v) is 6.40. The molecule has 0 spiro atoms. The number of nitrogens with one attached hydrogen (secondary N) is 1. The summed E-state index contributed by atoms with van der Waals surface area (Å²) in [5, 5.41) is 2.96. The van der Waals surface area contributed by atoms with E-state index in [9.17, 15) is 4.79 Å². The number of benzene rings is 2. The molecule has 0 aromatic heterocycles. The number of halogens is 1. The first-order valence-corrected chi connectivity index (χ1v) is 8.34. The summed E-state index contributed by atoms with van der Waals surface area (Å²) in [6, 6.07) is 14.0. The normalized spacial score (nSPS) is 10.4. The number of amides is 1. The van der Waals surface area contributed by atoms with E-state index in [0.717, 1.165) is 26.8 Å². The van der Waals surface area contributed by atoms with Crippen molar-refractivity contribution in [3.8, 4) is 0 Å². The number of hydrogen-bond donors (Lipinski definition) is 1. The molecular formula is C18H20INO. The molecule has 3 heteroatoms. The minimum absolute atomic E-state index is 0.0549. The summed E-state index contributed by atoms with van der Waals surface area (Å²) in [6.07, 6.45) is 3.50. The van der Waals surface area contributed by atoms with Crippen molar-refractivity contribution in [2.45, 2.75) is 33.1 Å². The molecule has 0 heterocycles. The largest absolute Gasteiger partial charge is 0.322 e. The number of carbonyl (C=O) groups is 1. The zero-order chi connectivity index (χ0) is 15.2. The molecular weight excluding hydrogens is 373 g/mol. The van der Waals surface area contributed by atoms with Crippen LogP contribution < -0.4 is 5.32 Å². The summed E-state index contributed by atoms with van der Waals surface area (Å²) in [7, 11) is 0. The molecule has 0 aliphatic heterocycles. The van der Waals surface area contributed by atoms with Crippen LogP contribution in [0.2, 0.25) is 0 Å². The summed E-state index contributed by atoms with van der Waals surface area (Å²) in [5.74, 6) is -0.0549. The van der Waals surface area contributed by atoms with Crippen LogP contribution >= 0.6 is 22.6 Å². The number of hydrogen-bond acceptors (Lipinski definition) is 1. The highest BCUT2D eigenvalue weighted by Crippen LogP contribution is 2.17. The van der Waals surface area contributed by atoms with E-state index in [-0.39, 0.29) is 5.91 Å². The van der Waals surface area contributed by atoms with Gasteiger partial charge in [0.2, 0.25) is 0 Å². The van der Waals surface area contributed by atoms with Gasteiger partial charge in [0.1, 0.15) is 0 Å². The lowest BCUT2D eigenvalue weighted by atomic mass is 10.1. The maximum absolute atomic E-state index is 12.3. The smallest absolute Gasteiger partial charge is 0.256 e. The molecule has 21 heavy (non-hydrogen) atoms. The molecule has 2 rings (SSSR count). The molecule has 0 saturated heterocycles. The predicted octanol–water partition coefficient (Wildman–Crippen LogP) is 5.19. The highest BCUT2D eigenvalue weighted by Gasteiger charge is 2.10. The molecule has 0 saturated carbocycles. The van der Waals surface area contributed by atoms with Crippen molar-refractivity contribution in [3.63, 3.8) is 0 Å². The van der Waals surface area contributed by atoms with Crippen LogP contribution in [0.15, 0.2) is 42.5 Å². The molecule has 0 fully saturated rings. The summed E-state index contributed by atoms with van der Waals surface area (Å²) in [6.45, 7) is 4.22. The van der Waals surface area contributed by atoms with Gasteiger partial charge in [-0.3, -0.25) is 4.79 Å². The van der Waals surface area contributed by atoms with Crippen molar-refractivity contribution in [2.24, 2.45) is 0 Å². The number of rotatable bonds is 5. The minimum Gasteiger partial charge on any atom is -0.322 e.